The zero-order chi connectivity index (χ0) is 15.9. The van der Waals surface area contributed by atoms with Gasteiger partial charge in [0.25, 0.3) is 5.91 Å². The lowest BCUT2D eigenvalue weighted by atomic mass is 10.0. The third-order valence-electron chi connectivity index (χ3n) is 4.01. The first-order chi connectivity index (χ1) is 10.5. The number of piperidine rings is 1. The Morgan fingerprint density at radius 3 is 2.82 bits per heavy atom. The molecule has 0 aliphatic carbocycles. The number of nitrogens with one attached hydrogen (secondary N) is 1. The number of fused-ring (bicyclic) bond motifs is 1. The molecule has 1 atom stereocenters. The molecule has 2 aliphatic rings. The molecule has 5 heteroatoms. The molecule has 0 saturated carbocycles. The summed E-state index contributed by atoms with van der Waals surface area (Å²) in [5, 5.41) is 2.74. The fourth-order valence-electron chi connectivity index (χ4n) is 3.00. The van der Waals surface area contributed by atoms with Gasteiger partial charge in [0.05, 0.1) is 12.6 Å². The molecule has 2 heterocycles. The van der Waals surface area contributed by atoms with Crippen LogP contribution in [0.15, 0.2) is 30.5 Å². The van der Waals surface area contributed by atoms with Crippen LogP contribution in [0, 0.1) is 0 Å². The van der Waals surface area contributed by atoms with Crippen LogP contribution < -0.4 is 10.1 Å². The van der Waals surface area contributed by atoms with Crippen molar-refractivity contribution in [3.8, 4) is 5.75 Å². The predicted octanol–water partition coefficient (Wildman–Crippen LogP) is 2.22. The Balaban J connectivity index is 1.88. The highest BCUT2D eigenvalue weighted by atomic mass is 16.5. The van der Waals surface area contributed by atoms with Gasteiger partial charge in [-0.25, -0.2) is 0 Å². The van der Waals surface area contributed by atoms with E-state index in [1.807, 2.05) is 26.0 Å². The normalized spacial score (nSPS) is 21.1. The van der Waals surface area contributed by atoms with Crippen LogP contribution >= 0.6 is 0 Å². The van der Waals surface area contributed by atoms with Crippen LogP contribution in [0.2, 0.25) is 0 Å². The van der Waals surface area contributed by atoms with Crippen molar-refractivity contribution in [1.29, 1.82) is 0 Å². The molecule has 1 fully saturated rings. The van der Waals surface area contributed by atoms with Crippen molar-refractivity contribution in [3.63, 3.8) is 0 Å². The fourth-order valence-corrected chi connectivity index (χ4v) is 3.00. The maximum atomic E-state index is 12.6. The van der Waals surface area contributed by atoms with E-state index < -0.39 is 6.04 Å². The number of amides is 2. The summed E-state index contributed by atoms with van der Waals surface area (Å²) in [4.78, 5) is 26.4. The highest BCUT2D eigenvalue weighted by Gasteiger charge is 2.39. The largest absolute Gasteiger partial charge is 0.491 e. The van der Waals surface area contributed by atoms with Crippen molar-refractivity contribution >= 4 is 11.8 Å². The van der Waals surface area contributed by atoms with E-state index in [4.69, 9.17) is 4.74 Å². The molecule has 0 bridgehead atoms. The summed E-state index contributed by atoms with van der Waals surface area (Å²) in [6.45, 7) is 8.10. The van der Waals surface area contributed by atoms with E-state index in [1.165, 1.54) is 0 Å². The Hall–Kier alpha value is -2.30. The van der Waals surface area contributed by atoms with Crippen molar-refractivity contribution < 1.29 is 14.3 Å². The van der Waals surface area contributed by atoms with Crippen LogP contribution in [0.5, 0.6) is 5.75 Å². The van der Waals surface area contributed by atoms with E-state index in [0.29, 0.717) is 30.6 Å². The van der Waals surface area contributed by atoms with Gasteiger partial charge in [-0.3, -0.25) is 9.59 Å². The summed E-state index contributed by atoms with van der Waals surface area (Å²) < 4.78 is 5.79. The first-order valence-electron chi connectivity index (χ1n) is 7.55. The number of benzene rings is 1. The van der Waals surface area contributed by atoms with E-state index >= 15 is 0 Å². The second-order valence-corrected chi connectivity index (χ2v) is 6.03. The predicted molar refractivity (Wildman–Crippen MR) is 82.4 cm³/mol. The lowest BCUT2D eigenvalue weighted by Crippen LogP contribution is -2.49. The van der Waals surface area contributed by atoms with Crippen molar-refractivity contribution in [1.82, 2.24) is 10.2 Å². The zero-order valence-electron chi connectivity index (χ0n) is 12.9. The Morgan fingerprint density at radius 2 is 2.14 bits per heavy atom. The molecule has 1 aromatic rings. The van der Waals surface area contributed by atoms with E-state index in [9.17, 15) is 9.59 Å². The quantitative estimate of drug-likeness (QED) is 0.931. The second kappa shape index (κ2) is 5.48. The molecule has 2 amide bonds. The van der Waals surface area contributed by atoms with Crippen LogP contribution in [-0.2, 0) is 11.3 Å². The average molecular weight is 300 g/mol. The molecule has 0 aromatic heterocycles. The fraction of sp³-hybridized carbons (Fsp3) is 0.412. The van der Waals surface area contributed by atoms with Crippen molar-refractivity contribution in [2.45, 2.75) is 45.4 Å². The molecule has 0 radical (unpaired) electrons. The van der Waals surface area contributed by atoms with E-state index in [2.05, 4.69) is 11.9 Å². The molecule has 22 heavy (non-hydrogen) atoms. The SMILES string of the molecule is C=C1CC[C@H](N2Cc3c(OC(C)C)cccc3C2=O)C(=O)N1. The average Bonchev–Trinajstić information content (AvgIpc) is 2.77. The first kappa shape index (κ1) is 14.6. The molecular weight excluding hydrogens is 280 g/mol. The lowest BCUT2D eigenvalue weighted by Gasteiger charge is -2.31. The smallest absolute Gasteiger partial charge is 0.255 e. The summed E-state index contributed by atoms with van der Waals surface area (Å²) in [7, 11) is 0. The molecule has 0 spiro atoms. The lowest BCUT2D eigenvalue weighted by molar-refractivity contribution is -0.126. The highest BCUT2D eigenvalue weighted by molar-refractivity contribution is 6.02. The molecule has 3 rings (SSSR count). The summed E-state index contributed by atoms with van der Waals surface area (Å²) in [6, 6.07) is 5.06. The van der Waals surface area contributed by atoms with Gasteiger partial charge in [0, 0.05) is 16.8 Å². The monoisotopic (exact) mass is 300 g/mol. The molecule has 1 saturated heterocycles. The third kappa shape index (κ3) is 2.47. The Labute approximate surface area is 129 Å². The maximum Gasteiger partial charge on any atom is 0.255 e. The topological polar surface area (TPSA) is 58.6 Å². The van der Waals surface area contributed by atoms with E-state index in [-0.39, 0.29) is 17.9 Å². The van der Waals surface area contributed by atoms with Gasteiger partial charge in [0.1, 0.15) is 11.8 Å². The molecule has 1 aromatic carbocycles. The van der Waals surface area contributed by atoms with Gasteiger partial charge < -0.3 is 15.0 Å². The van der Waals surface area contributed by atoms with Gasteiger partial charge in [0.15, 0.2) is 0 Å². The molecular formula is C17H20N2O3. The van der Waals surface area contributed by atoms with Crippen LogP contribution in [0.3, 0.4) is 0 Å². The van der Waals surface area contributed by atoms with Crippen LogP contribution in [0.1, 0.15) is 42.6 Å². The summed E-state index contributed by atoms with van der Waals surface area (Å²) in [5.41, 5.74) is 2.22. The van der Waals surface area contributed by atoms with Crippen LogP contribution in [0.4, 0.5) is 0 Å². The number of carbonyl (C=O) groups excluding carboxylic acids is 2. The van der Waals surface area contributed by atoms with Gasteiger partial charge in [-0.1, -0.05) is 12.6 Å². The first-order valence-corrected chi connectivity index (χ1v) is 7.55. The van der Waals surface area contributed by atoms with Gasteiger partial charge in [-0.2, -0.15) is 0 Å². The molecule has 5 nitrogen and oxygen atoms in total. The number of rotatable bonds is 3. The Kier molecular flexibility index (Phi) is 3.64. The number of hydrogen-bond acceptors (Lipinski definition) is 3. The summed E-state index contributed by atoms with van der Waals surface area (Å²) in [5.74, 6) is 0.476. The second-order valence-electron chi connectivity index (χ2n) is 6.03. The van der Waals surface area contributed by atoms with Gasteiger partial charge in [0.2, 0.25) is 5.91 Å². The van der Waals surface area contributed by atoms with Gasteiger partial charge in [-0.05, 0) is 38.8 Å². The van der Waals surface area contributed by atoms with Gasteiger partial charge >= 0.3 is 0 Å². The van der Waals surface area contributed by atoms with Crippen molar-refractivity contribution in [3.05, 3.63) is 41.6 Å². The Morgan fingerprint density at radius 1 is 1.36 bits per heavy atom. The Bertz CT molecular complexity index is 651. The number of carbonyl (C=O) groups is 2. The minimum absolute atomic E-state index is 0.0388. The third-order valence-corrected chi connectivity index (χ3v) is 4.01. The number of ether oxygens (including phenoxy) is 1. The maximum absolute atomic E-state index is 12.6. The summed E-state index contributed by atoms with van der Waals surface area (Å²) in [6.07, 6.45) is 1.35. The number of allylic oxidation sites excluding steroid dienone is 1. The highest BCUT2D eigenvalue weighted by Crippen LogP contribution is 2.34. The minimum atomic E-state index is -0.433. The van der Waals surface area contributed by atoms with Gasteiger partial charge in [-0.15, -0.1) is 0 Å². The standard InChI is InChI=1S/C17H20N2O3/c1-10(2)22-15-6-4-5-12-13(15)9-19(17(12)21)14-8-7-11(3)18-16(14)20/h4-6,10,14H,3,7-9H2,1-2H3,(H,18,20)/t14-/m0/s1. The minimum Gasteiger partial charge on any atom is -0.491 e. The van der Waals surface area contributed by atoms with Crippen LogP contribution in [-0.4, -0.2) is 28.9 Å². The summed E-state index contributed by atoms with van der Waals surface area (Å²) >= 11 is 0. The molecule has 1 N–H and O–H groups in total. The molecule has 2 aliphatic heterocycles. The number of hydrogen-bond donors (Lipinski definition) is 1. The van der Waals surface area contributed by atoms with E-state index in [0.717, 1.165) is 11.3 Å². The number of nitrogens with zero attached hydrogens (tertiary/aromatic N) is 1. The van der Waals surface area contributed by atoms with Crippen molar-refractivity contribution in [2.24, 2.45) is 0 Å². The molecule has 116 valence electrons. The van der Waals surface area contributed by atoms with Crippen molar-refractivity contribution in [2.75, 3.05) is 0 Å². The zero-order valence-corrected chi connectivity index (χ0v) is 12.9. The molecule has 0 unspecified atom stereocenters. The van der Waals surface area contributed by atoms with Crippen LogP contribution in [0.25, 0.3) is 0 Å². The van der Waals surface area contributed by atoms with E-state index in [1.54, 1.807) is 11.0 Å².